The zero-order chi connectivity index (χ0) is 20.8. The number of nitro benzene ring substituents is 1. The van der Waals surface area contributed by atoms with Gasteiger partial charge in [-0.3, -0.25) is 14.9 Å². The van der Waals surface area contributed by atoms with Crippen LogP contribution in [0.1, 0.15) is 30.0 Å². The van der Waals surface area contributed by atoms with Crippen molar-refractivity contribution in [1.82, 2.24) is 16.2 Å². The van der Waals surface area contributed by atoms with Gasteiger partial charge in [-0.15, -0.1) is 0 Å². The summed E-state index contributed by atoms with van der Waals surface area (Å²) in [5.74, 6) is 1.27. The number of methoxy groups -OCH3 is 2. The zero-order valence-electron chi connectivity index (χ0n) is 16.3. The van der Waals surface area contributed by atoms with E-state index in [4.69, 9.17) is 9.47 Å². The minimum absolute atomic E-state index is 0.0468. The van der Waals surface area contributed by atoms with E-state index in [9.17, 15) is 14.9 Å². The predicted octanol–water partition coefficient (Wildman–Crippen LogP) is 2.23. The van der Waals surface area contributed by atoms with Crippen molar-refractivity contribution < 1.29 is 19.2 Å². The number of nitrogens with zero attached hydrogens (tertiary/aromatic N) is 1. The maximum Gasteiger partial charge on any atom is 0.269 e. The van der Waals surface area contributed by atoms with Crippen LogP contribution >= 0.6 is 0 Å². The molecule has 0 radical (unpaired) electrons. The lowest BCUT2D eigenvalue weighted by Crippen LogP contribution is -2.44. The highest BCUT2D eigenvalue weighted by atomic mass is 16.6. The van der Waals surface area contributed by atoms with Crippen molar-refractivity contribution in [2.75, 3.05) is 14.2 Å². The van der Waals surface area contributed by atoms with E-state index in [0.717, 1.165) is 11.1 Å². The molecule has 1 heterocycles. The fourth-order valence-corrected chi connectivity index (χ4v) is 3.26. The number of hydrazine groups is 1. The number of non-ortho nitro benzene ring substituents is 1. The standard InChI is InChI=1S/C20H24N4O5/c1-28-16-8-13(9-17(11-16)29-2)6-7-20(25)21-19-12-18(22-23-19)14-4-3-5-15(10-14)24(26)27/h3-5,8-11,18-19,22-23H,6-7,12H2,1-2H3,(H,21,25). The molecule has 0 aromatic heterocycles. The summed E-state index contributed by atoms with van der Waals surface area (Å²) < 4.78 is 10.5. The Morgan fingerprint density at radius 3 is 2.55 bits per heavy atom. The molecule has 9 heteroatoms. The van der Waals surface area contributed by atoms with Gasteiger partial charge in [-0.25, -0.2) is 10.9 Å². The Balaban J connectivity index is 1.52. The second-order valence-electron chi connectivity index (χ2n) is 6.77. The van der Waals surface area contributed by atoms with Gasteiger partial charge in [0.05, 0.1) is 25.3 Å². The Morgan fingerprint density at radius 2 is 1.90 bits per heavy atom. The van der Waals surface area contributed by atoms with Crippen LogP contribution in [0.2, 0.25) is 0 Å². The monoisotopic (exact) mass is 400 g/mol. The third-order valence-corrected chi connectivity index (χ3v) is 4.77. The summed E-state index contributed by atoms with van der Waals surface area (Å²) in [6.45, 7) is 0. The zero-order valence-corrected chi connectivity index (χ0v) is 16.3. The van der Waals surface area contributed by atoms with Crippen molar-refractivity contribution in [3.8, 4) is 11.5 Å². The van der Waals surface area contributed by atoms with Crippen LogP contribution in [-0.2, 0) is 11.2 Å². The van der Waals surface area contributed by atoms with Gasteiger partial charge in [0.1, 0.15) is 11.5 Å². The molecule has 1 amide bonds. The number of hydrogen-bond acceptors (Lipinski definition) is 7. The van der Waals surface area contributed by atoms with Crippen LogP contribution in [-0.4, -0.2) is 31.2 Å². The number of nitro groups is 1. The molecule has 2 aromatic carbocycles. The fraction of sp³-hybridized carbons (Fsp3) is 0.350. The average Bonchev–Trinajstić information content (AvgIpc) is 3.20. The summed E-state index contributed by atoms with van der Waals surface area (Å²) in [5, 5.41) is 13.9. The van der Waals surface area contributed by atoms with Crippen LogP contribution in [0.15, 0.2) is 42.5 Å². The van der Waals surface area contributed by atoms with Gasteiger partial charge in [0.25, 0.3) is 5.69 Å². The van der Waals surface area contributed by atoms with E-state index in [2.05, 4.69) is 16.2 Å². The molecule has 1 saturated heterocycles. The Bertz CT molecular complexity index is 867. The summed E-state index contributed by atoms with van der Waals surface area (Å²) >= 11 is 0. The van der Waals surface area contributed by atoms with Gasteiger partial charge >= 0.3 is 0 Å². The van der Waals surface area contributed by atoms with Gasteiger partial charge in [0.15, 0.2) is 0 Å². The first kappa shape index (κ1) is 20.6. The molecule has 3 N–H and O–H groups in total. The van der Waals surface area contributed by atoms with Gasteiger partial charge in [0, 0.05) is 37.1 Å². The van der Waals surface area contributed by atoms with Crippen LogP contribution in [0.25, 0.3) is 0 Å². The van der Waals surface area contributed by atoms with Crippen molar-refractivity contribution in [2.24, 2.45) is 0 Å². The second kappa shape index (κ2) is 9.35. The Kier molecular flexibility index (Phi) is 6.63. The van der Waals surface area contributed by atoms with Gasteiger partial charge in [0.2, 0.25) is 5.91 Å². The second-order valence-corrected chi connectivity index (χ2v) is 6.77. The van der Waals surface area contributed by atoms with Crippen LogP contribution in [0.5, 0.6) is 11.5 Å². The molecule has 1 aliphatic heterocycles. The van der Waals surface area contributed by atoms with E-state index in [0.29, 0.717) is 30.8 Å². The van der Waals surface area contributed by atoms with E-state index >= 15 is 0 Å². The largest absolute Gasteiger partial charge is 0.497 e. The van der Waals surface area contributed by atoms with Crippen molar-refractivity contribution in [3.05, 3.63) is 63.7 Å². The molecule has 0 spiro atoms. The number of rotatable bonds is 8. The summed E-state index contributed by atoms with van der Waals surface area (Å²) in [6, 6.07) is 11.9. The predicted molar refractivity (Wildman–Crippen MR) is 107 cm³/mol. The van der Waals surface area contributed by atoms with Crippen molar-refractivity contribution in [2.45, 2.75) is 31.5 Å². The Labute approximate surface area is 168 Å². The van der Waals surface area contributed by atoms with E-state index in [-0.39, 0.29) is 23.8 Å². The third-order valence-electron chi connectivity index (χ3n) is 4.77. The molecule has 1 aliphatic rings. The first-order valence-corrected chi connectivity index (χ1v) is 9.25. The maximum atomic E-state index is 12.3. The average molecular weight is 400 g/mol. The molecule has 1 fully saturated rings. The number of nitrogens with one attached hydrogen (secondary N) is 3. The molecule has 2 atom stereocenters. The topological polar surface area (TPSA) is 115 Å². The van der Waals surface area contributed by atoms with Crippen molar-refractivity contribution >= 4 is 11.6 Å². The lowest BCUT2D eigenvalue weighted by molar-refractivity contribution is -0.384. The van der Waals surface area contributed by atoms with E-state index < -0.39 is 4.92 Å². The molecule has 2 unspecified atom stereocenters. The van der Waals surface area contributed by atoms with E-state index in [1.54, 1.807) is 32.4 Å². The molecule has 0 saturated carbocycles. The van der Waals surface area contributed by atoms with Gasteiger partial charge in [-0.2, -0.15) is 0 Å². The normalized spacial score (nSPS) is 18.3. The van der Waals surface area contributed by atoms with Gasteiger partial charge < -0.3 is 14.8 Å². The first-order valence-electron chi connectivity index (χ1n) is 9.25. The minimum Gasteiger partial charge on any atom is -0.497 e. The highest BCUT2D eigenvalue weighted by Crippen LogP contribution is 2.25. The smallest absolute Gasteiger partial charge is 0.269 e. The lowest BCUT2D eigenvalue weighted by atomic mass is 10.0. The number of amides is 1. The molecule has 3 rings (SSSR count). The maximum absolute atomic E-state index is 12.3. The molecule has 0 bridgehead atoms. The van der Waals surface area contributed by atoms with Crippen molar-refractivity contribution in [1.29, 1.82) is 0 Å². The number of hydrogen-bond donors (Lipinski definition) is 3. The Morgan fingerprint density at radius 1 is 1.17 bits per heavy atom. The summed E-state index contributed by atoms with van der Waals surface area (Å²) in [6.07, 6.45) is 1.19. The molecule has 0 aliphatic carbocycles. The van der Waals surface area contributed by atoms with Crippen LogP contribution in [0, 0.1) is 10.1 Å². The van der Waals surface area contributed by atoms with Crippen LogP contribution < -0.4 is 25.6 Å². The molecule has 29 heavy (non-hydrogen) atoms. The molecular formula is C20H24N4O5. The molecule has 2 aromatic rings. The van der Waals surface area contributed by atoms with E-state index in [1.807, 2.05) is 18.2 Å². The fourth-order valence-electron chi connectivity index (χ4n) is 3.26. The first-order chi connectivity index (χ1) is 14.0. The molecular weight excluding hydrogens is 376 g/mol. The van der Waals surface area contributed by atoms with Crippen LogP contribution in [0.4, 0.5) is 5.69 Å². The Hall–Kier alpha value is -3.17. The number of benzene rings is 2. The highest BCUT2D eigenvalue weighted by molar-refractivity contribution is 5.76. The quantitative estimate of drug-likeness (QED) is 0.460. The number of carbonyl (C=O) groups is 1. The highest BCUT2D eigenvalue weighted by Gasteiger charge is 2.27. The number of aryl methyl sites for hydroxylation is 1. The number of carbonyl (C=O) groups excluding carboxylic acids is 1. The van der Waals surface area contributed by atoms with Gasteiger partial charge in [-0.05, 0) is 29.7 Å². The lowest BCUT2D eigenvalue weighted by Gasteiger charge is -2.13. The number of ether oxygens (including phenoxy) is 2. The summed E-state index contributed by atoms with van der Waals surface area (Å²) in [4.78, 5) is 22.9. The van der Waals surface area contributed by atoms with E-state index in [1.165, 1.54) is 6.07 Å². The van der Waals surface area contributed by atoms with Crippen LogP contribution in [0.3, 0.4) is 0 Å². The molecule has 154 valence electrons. The minimum atomic E-state index is -0.418. The summed E-state index contributed by atoms with van der Waals surface area (Å²) in [5.41, 5.74) is 7.90. The summed E-state index contributed by atoms with van der Waals surface area (Å²) in [7, 11) is 3.17. The van der Waals surface area contributed by atoms with Crippen molar-refractivity contribution in [3.63, 3.8) is 0 Å². The van der Waals surface area contributed by atoms with Gasteiger partial charge in [-0.1, -0.05) is 12.1 Å². The third kappa shape index (κ3) is 5.43. The SMILES string of the molecule is COc1cc(CCC(=O)NC2CC(c3cccc([N+](=O)[O-])c3)NN2)cc(OC)c1. The molecule has 9 nitrogen and oxygen atoms in total.